The second-order valence-electron chi connectivity index (χ2n) is 4.61. The molecule has 0 N–H and O–H groups in total. The molecule has 116 valence electrons. The van der Waals surface area contributed by atoms with Gasteiger partial charge in [0, 0.05) is 30.8 Å². The SMILES string of the molecule is CCCCN(CC)C(=O)c1ccc([N+](=O)[O-])c(OCC)c1. The molecule has 0 saturated carbocycles. The average molecular weight is 294 g/mol. The molecule has 1 aromatic rings. The third-order valence-electron chi connectivity index (χ3n) is 3.15. The molecule has 6 heteroatoms. The quantitative estimate of drug-likeness (QED) is 0.545. The van der Waals surface area contributed by atoms with Crippen molar-refractivity contribution >= 4 is 11.6 Å². The van der Waals surface area contributed by atoms with Crippen LogP contribution in [0.3, 0.4) is 0 Å². The fourth-order valence-corrected chi connectivity index (χ4v) is 2.00. The summed E-state index contributed by atoms with van der Waals surface area (Å²) in [6, 6.07) is 4.27. The Balaban J connectivity index is 3.03. The van der Waals surface area contributed by atoms with E-state index in [1.54, 1.807) is 11.8 Å². The predicted molar refractivity (Wildman–Crippen MR) is 80.8 cm³/mol. The molecule has 21 heavy (non-hydrogen) atoms. The normalized spacial score (nSPS) is 10.2. The molecule has 0 aliphatic heterocycles. The highest BCUT2D eigenvalue weighted by molar-refractivity contribution is 5.95. The molecule has 1 aromatic carbocycles. The van der Waals surface area contributed by atoms with E-state index in [1.807, 2.05) is 6.92 Å². The molecule has 0 fully saturated rings. The van der Waals surface area contributed by atoms with E-state index in [0.29, 0.717) is 25.3 Å². The van der Waals surface area contributed by atoms with Crippen molar-refractivity contribution in [2.45, 2.75) is 33.6 Å². The molecular weight excluding hydrogens is 272 g/mol. The minimum absolute atomic E-state index is 0.120. The summed E-state index contributed by atoms with van der Waals surface area (Å²) in [6.07, 6.45) is 1.94. The van der Waals surface area contributed by atoms with Crippen molar-refractivity contribution in [1.82, 2.24) is 4.90 Å². The summed E-state index contributed by atoms with van der Waals surface area (Å²) in [4.78, 5) is 24.6. The van der Waals surface area contributed by atoms with Crippen molar-refractivity contribution in [3.8, 4) is 5.75 Å². The number of unbranched alkanes of at least 4 members (excludes halogenated alkanes) is 1. The van der Waals surface area contributed by atoms with Crippen LogP contribution in [0.1, 0.15) is 44.0 Å². The molecule has 0 radical (unpaired) electrons. The van der Waals surface area contributed by atoms with Crippen LogP contribution in [-0.4, -0.2) is 35.4 Å². The van der Waals surface area contributed by atoms with Crippen LogP contribution in [-0.2, 0) is 0 Å². The first-order chi connectivity index (χ1) is 10.0. The standard InChI is InChI=1S/C15H22N2O4/c1-4-7-10-16(5-2)15(18)12-8-9-13(17(19)20)14(11-12)21-6-3/h8-9,11H,4-7,10H2,1-3H3. The van der Waals surface area contributed by atoms with Gasteiger partial charge in [-0.2, -0.15) is 0 Å². The lowest BCUT2D eigenvalue weighted by molar-refractivity contribution is -0.385. The lowest BCUT2D eigenvalue weighted by atomic mass is 10.1. The summed E-state index contributed by atoms with van der Waals surface area (Å²) in [5.74, 6) is 0.0155. The van der Waals surface area contributed by atoms with Crippen molar-refractivity contribution in [2.75, 3.05) is 19.7 Å². The molecule has 0 spiro atoms. The van der Waals surface area contributed by atoms with Gasteiger partial charge in [0.25, 0.3) is 5.91 Å². The van der Waals surface area contributed by atoms with Gasteiger partial charge in [-0.25, -0.2) is 0 Å². The van der Waals surface area contributed by atoms with Gasteiger partial charge in [-0.1, -0.05) is 13.3 Å². The summed E-state index contributed by atoms with van der Waals surface area (Å²) in [7, 11) is 0. The third-order valence-corrected chi connectivity index (χ3v) is 3.15. The van der Waals surface area contributed by atoms with Crippen LogP contribution in [0.5, 0.6) is 5.75 Å². The zero-order chi connectivity index (χ0) is 15.8. The molecule has 0 unspecified atom stereocenters. The largest absolute Gasteiger partial charge is 0.487 e. The fraction of sp³-hybridized carbons (Fsp3) is 0.533. The van der Waals surface area contributed by atoms with Crippen LogP contribution in [0.2, 0.25) is 0 Å². The number of carbonyl (C=O) groups is 1. The van der Waals surface area contributed by atoms with Crippen LogP contribution < -0.4 is 4.74 Å². The van der Waals surface area contributed by atoms with Gasteiger partial charge in [-0.15, -0.1) is 0 Å². The van der Waals surface area contributed by atoms with Crippen molar-refractivity contribution in [3.63, 3.8) is 0 Å². The highest BCUT2D eigenvalue weighted by Gasteiger charge is 2.20. The fourth-order valence-electron chi connectivity index (χ4n) is 2.00. The van der Waals surface area contributed by atoms with E-state index in [0.717, 1.165) is 12.8 Å². The molecule has 0 atom stereocenters. The number of rotatable bonds is 8. The van der Waals surface area contributed by atoms with Crippen LogP contribution >= 0.6 is 0 Å². The first-order valence-corrected chi connectivity index (χ1v) is 7.25. The Morgan fingerprint density at radius 2 is 2.05 bits per heavy atom. The Labute approximate surface area is 124 Å². The first-order valence-electron chi connectivity index (χ1n) is 7.25. The van der Waals surface area contributed by atoms with Crippen LogP contribution in [0.25, 0.3) is 0 Å². The number of nitrogens with zero attached hydrogens (tertiary/aromatic N) is 2. The summed E-state index contributed by atoms with van der Waals surface area (Å²) in [5.41, 5.74) is 0.298. The molecule has 0 aliphatic rings. The van der Waals surface area contributed by atoms with E-state index < -0.39 is 4.92 Å². The number of nitro groups is 1. The summed E-state index contributed by atoms with van der Waals surface area (Å²) in [5, 5.41) is 10.9. The molecule has 0 saturated heterocycles. The van der Waals surface area contributed by atoms with E-state index in [1.165, 1.54) is 18.2 Å². The number of nitro benzene ring substituents is 1. The van der Waals surface area contributed by atoms with Crippen LogP contribution in [0.15, 0.2) is 18.2 Å². The Kier molecular flexibility index (Phi) is 6.65. The molecule has 0 heterocycles. The van der Waals surface area contributed by atoms with Crippen molar-refractivity contribution in [1.29, 1.82) is 0 Å². The van der Waals surface area contributed by atoms with Crippen LogP contribution in [0, 0.1) is 10.1 Å². The Morgan fingerprint density at radius 3 is 2.57 bits per heavy atom. The smallest absolute Gasteiger partial charge is 0.310 e. The second kappa shape index (κ2) is 8.24. The van der Waals surface area contributed by atoms with E-state index in [-0.39, 0.29) is 17.3 Å². The zero-order valence-electron chi connectivity index (χ0n) is 12.8. The van der Waals surface area contributed by atoms with Gasteiger partial charge in [-0.3, -0.25) is 14.9 Å². The molecule has 0 bridgehead atoms. The predicted octanol–water partition coefficient (Wildman–Crippen LogP) is 3.26. The summed E-state index contributed by atoms with van der Waals surface area (Å²) >= 11 is 0. The van der Waals surface area contributed by atoms with Crippen molar-refractivity contribution in [2.24, 2.45) is 0 Å². The number of benzene rings is 1. The van der Waals surface area contributed by atoms with Gasteiger partial charge in [0.1, 0.15) is 0 Å². The maximum atomic E-state index is 12.4. The topological polar surface area (TPSA) is 72.7 Å². The zero-order valence-corrected chi connectivity index (χ0v) is 12.8. The van der Waals surface area contributed by atoms with Gasteiger partial charge in [-0.05, 0) is 26.3 Å². The Bertz CT molecular complexity index is 502. The minimum Gasteiger partial charge on any atom is -0.487 e. The van der Waals surface area contributed by atoms with Gasteiger partial charge in [0.15, 0.2) is 5.75 Å². The van der Waals surface area contributed by atoms with Crippen LogP contribution in [0.4, 0.5) is 5.69 Å². The lowest BCUT2D eigenvalue weighted by Gasteiger charge is -2.20. The number of amides is 1. The molecule has 1 rings (SSSR count). The van der Waals surface area contributed by atoms with E-state index in [4.69, 9.17) is 4.74 Å². The summed E-state index contributed by atoms with van der Waals surface area (Å²) in [6.45, 7) is 7.34. The molecular formula is C15H22N2O4. The number of carbonyl (C=O) groups excluding carboxylic acids is 1. The number of hydrogen-bond acceptors (Lipinski definition) is 4. The Hall–Kier alpha value is -2.11. The second-order valence-corrected chi connectivity index (χ2v) is 4.61. The molecule has 0 aliphatic carbocycles. The highest BCUT2D eigenvalue weighted by atomic mass is 16.6. The third kappa shape index (κ3) is 4.44. The molecule has 1 amide bonds. The van der Waals surface area contributed by atoms with E-state index in [9.17, 15) is 14.9 Å². The lowest BCUT2D eigenvalue weighted by Crippen LogP contribution is -2.31. The monoisotopic (exact) mass is 294 g/mol. The molecule has 6 nitrogen and oxygen atoms in total. The van der Waals surface area contributed by atoms with E-state index >= 15 is 0 Å². The van der Waals surface area contributed by atoms with Gasteiger partial charge in [0.05, 0.1) is 11.5 Å². The van der Waals surface area contributed by atoms with Gasteiger partial charge >= 0.3 is 5.69 Å². The van der Waals surface area contributed by atoms with Gasteiger partial charge in [0.2, 0.25) is 0 Å². The van der Waals surface area contributed by atoms with Crippen molar-refractivity contribution < 1.29 is 14.5 Å². The van der Waals surface area contributed by atoms with Gasteiger partial charge < -0.3 is 9.64 Å². The number of hydrogen-bond donors (Lipinski definition) is 0. The molecule has 0 aromatic heterocycles. The average Bonchev–Trinajstić information content (AvgIpc) is 2.47. The summed E-state index contributed by atoms with van der Waals surface area (Å²) < 4.78 is 5.27. The van der Waals surface area contributed by atoms with Crippen molar-refractivity contribution in [3.05, 3.63) is 33.9 Å². The Morgan fingerprint density at radius 1 is 1.33 bits per heavy atom. The maximum absolute atomic E-state index is 12.4. The number of ether oxygens (including phenoxy) is 1. The first kappa shape index (κ1) is 16.9. The maximum Gasteiger partial charge on any atom is 0.310 e. The minimum atomic E-state index is -0.506. The highest BCUT2D eigenvalue weighted by Crippen LogP contribution is 2.28. The van der Waals surface area contributed by atoms with E-state index in [2.05, 4.69) is 6.92 Å².